The number of unbranched alkanes of at least 4 members (excludes halogenated alkanes) is 1. The van der Waals surface area contributed by atoms with Gasteiger partial charge in [-0.05, 0) is 18.6 Å². The van der Waals surface area contributed by atoms with E-state index in [1.165, 1.54) is 15.6 Å². The Morgan fingerprint density at radius 3 is 2.63 bits per heavy atom. The van der Waals surface area contributed by atoms with Crippen molar-refractivity contribution in [3.63, 3.8) is 0 Å². The first kappa shape index (κ1) is 16.6. The molecule has 0 saturated heterocycles. The number of nitrogens with zero attached hydrogens (tertiary/aromatic N) is 1. The van der Waals surface area contributed by atoms with Gasteiger partial charge in [0.1, 0.15) is 4.21 Å². The van der Waals surface area contributed by atoms with Gasteiger partial charge in [-0.2, -0.15) is 0 Å². The van der Waals surface area contributed by atoms with Gasteiger partial charge < -0.3 is 5.32 Å². The van der Waals surface area contributed by atoms with Gasteiger partial charge in [0.15, 0.2) is 0 Å². The van der Waals surface area contributed by atoms with Gasteiger partial charge >= 0.3 is 0 Å². The molecule has 6 heteroatoms. The molecule has 1 aromatic rings. The quantitative estimate of drug-likeness (QED) is 0.803. The second-order valence-electron chi connectivity index (χ2n) is 4.94. The topological polar surface area (TPSA) is 49.4 Å². The van der Waals surface area contributed by atoms with Crippen LogP contribution in [-0.4, -0.2) is 32.4 Å². The summed E-state index contributed by atoms with van der Waals surface area (Å²) in [5.41, 5.74) is 0. The van der Waals surface area contributed by atoms with E-state index in [4.69, 9.17) is 0 Å². The highest BCUT2D eigenvalue weighted by Gasteiger charge is 2.22. The minimum Gasteiger partial charge on any atom is -0.310 e. The van der Waals surface area contributed by atoms with Gasteiger partial charge in [0, 0.05) is 31.1 Å². The lowest BCUT2D eigenvalue weighted by atomic mass is 10.3. The molecule has 0 aliphatic rings. The van der Waals surface area contributed by atoms with Crippen LogP contribution in [0.2, 0.25) is 0 Å². The number of nitrogens with one attached hydrogen (secondary N) is 1. The van der Waals surface area contributed by atoms with Crippen LogP contribution in [0.1, 0.15) is 38.5 Å². The zero-order valence-corrected chi connectivity index (χ0v) is 13.8. The molecule has 4 nitrogen and oxygen atoms in total. The fourth-order valence-corrected chi connectivity index (χ4v) is 4.28. The molecule has 0 bridgehead atoms. The van der Waals surface area contributed by atoms with Crippen molar-refractivity contribution in [1.29, 1.82) is 0 Å². The molecule has 1 N–H and O–H groups in total. The minimum absolute atomic E-state index is 0.398. The van der Waals surface area contributed by atoms with E-state index in [9.17, 15) is 8.42 Å². The fraction of sp³-hybridized carbons (Fsp3) is 0.692. The summed E-state index contributed by atoms with van der Waals surface area (Å²) in [6.45, 7) is 7.50. The molecule has 1 aromatic heterocycles. The van der Waals surface area contributed by atoms with Crippen LogP contribution >= 0.6 is 11.3 Å². The van der Waals surface area contributed by atoms with Gasteiger partial charge in [-0.3, -0.25) is 0 Å². The molecule has 0 aliphatic carbocycles. The van der Waals surface area contributed by atoms with Crippen LogP contribution in [-0.2, 0) is 16.6 Å². The molecule has 0 aromatic carbocycles. The molecule has 0 spiro atoms. The first-order valence-electron chi connectivity index (χ1n) is 6.66. The number of thiophene rings is 1. The maximum atomic E-state index is 12.3. The SMILES string of the molecule is CCCCN(C)S(=O)(=O)c1ccc(CNC(C)C)s1. The standard InChI is InChI=1S/C13H24N2O2S2/c1-5-6-9-15(4)19(16,17)13-8-7-12(18-13)10-14-11(2)3/h7-8,11,14H,5-6,9-10H2,1-4H3. The molecule has 0 aliphatic heterocycles. The number of hydrogen-bond donors (Lipinski definition) is 1. The van der Waals surface area contributed by atoms with E-state index in [2.05, 4.69) is 26.1 Å². The van der Waals surface area contributed by atoms with Crippen LogP contribution in [0.15, 0.2) is 16.3 Å². The van der Waals surface area contributed by atoms with Crippen LogP contribution in [0.3, 0.4) is 0 Å². The highest BCUT2D eigenvalue weighted by atomic mass is 32.2. The summed E-state index contributed by atoms with van der Waals surface area (Å²) in [5.74, 6) is 0. The van der Waals surface area contributed by atoms with Crippen LogP contribution in [0.4, 0.5) is 0 Å². The summed E-state index contributed by atoms with van der Waals surface area (Å²) in [6.07, 6.45) is 1.89. The largest absolute Gasteiger partial charge is 0.310 e. The van der Waals surface area contributed by atoms with Crippen molar-refractivity contribution < 1.29 is 8.42 Å². The van der Waals surface area contributed by atoms with E-state index in [0.29, 0.717) is 16.8 Å². The van der Waals surface area contributed by atoms with Crippen molar-refractivity contribution >= 4 is 21.4 Å². The Kier molecular flexibility index (Phi) is 6.46. The lowest BCUT2D eigenvalue weighted by Gasteiger charge is -2.15. The van der Waals surface area contributed by atoms with Gasteiger partial charge in [-0.15, -0.1) is 11.3 Å². The molecule has 1 heterocycles. The van der Waals surface area contributed by atoms with Crippen molar-refractivity contribution in [2.45, 2.75) is 50.4 Å². The average molecular weight is 304 g/mol. The molecule has 0 amide bonds. The lowest BCUT2D eigenvalue weighted by molar-refractivity contribution is 0.461. The monoisotopic (exact) mass is 304 g/mol. The van der Waals surface area contributed by atoms with Crippen molar-refractivity contribution in [3.05, 3.63) is 17.0 Å². The second-order valence-corrected chi connectivity index (χ2v) is 8.38. The molecule has 110 valence electrons. The third kappa shape index (κ3) is 4.87. The van der Waals surface area contributed by atoms with Crippen LogP contribution in [0.5, 0.6) is 0 Å². The molecule has 0 atom stereocenters. The van der Waals surface area contributed by atoms with Gasteiger partial charge in [0.2, 0.25) is 0 Å². The number of hydrogen-bond acceptors (Lipinski definition) is 4. The molecular weight excluding hydrogens is 280 g/mol. The Morgan fingerprint density at radius 1 is 1.37 bits per heavy atom. The summed E-state index contributed by atoms with van der Waals surface area (Å²) >= 11 is 1.35. The summed E-state index contributed by atoms with van der Waals surface area (Å²) < 4.78 is 26.5. The van der Waals surface area contributed by atoms with E-state index in [1.54, 1.807) is 13.1 Å². The molecule has 0 unspecified atom stereocenters. The third-order valence-electron chi connectivity index (χ3n) is 2.81. The molecule has 0 fully saturated rings. The number of rotatable bonds is 8. The summed E-state index contributed by atoms with van der Waals surface area (Å²) in [5, 5.41) is 3.29. The van der Waals surface area contributed by atoms with E-state index in [-0.39, 0.29) is 0 Å². The van der Waals surface area contributed by atoms with Gasteiger partial charge in [-0.1, -0.05) is 27.2 Å². The van der Waals surface area contributed by atoms with Crippen molar-refractivity contribution in [3.8, 4) is 0 Å². The summed E-state index contributed by atoms with van der Waals surface area (Å²) in [7, 11) is -1.66. The fourth-order valence-electron chi connectivity index (χ4n) is 1.55. The molecule has 19 heavy (non-hydrogen) atoms. The molecular formula is C13H24N2O2S2. The Bertz CT molecular complexity index is 481. The average Bonchev–Trinajstić information content (AvgIpc) is 2.82. The maximum Gasteiger partial charge on any atom is 0.252 e. The Hall–Kier alpha value is -0.430. The van der Waals surface area contributed by atoms with E-state index >= 15 is 0 Å². The lowest BCUT2D eigenvalue weighted by Crippen LogP contribution is -2.27. The van der Waals surface area contributed by atoms with E-state index in [0.717, 1.165) is 24.3 Å². The summed E-state index contributed by atoms with van der Waals surface area (Å²) in [6, 6.07) is 4.00. The first-order valence-corrected chi connectivity index (χ1v) is 8.92. The Labute approximate surface area is 120 Å². The minimum atomic E-state index is -3.30. The van der Waals surface area contributed by atoms with Crippen LogP contribution < -0.4 is 5.32 Å². The second kappa shape index (κ2) is 7.38. The Morgan fingerprint density at radius 2 is 2.05 bits per heavy atom. The Balaban J connectivity index is 2.73. The van der Waals surface area contributed by atoms with Gasteiger partial charge in [0.05, 0.1) is 0 Å². The molecule has 0 radical (unpaired) electrons. The predicted molar refractivity (Wildman–Crippen MR) is 81.0 cm³/mol. The third-order valence-corrected chi connectivity index (χ3v) is 6.22. The summed E-state index contributed by atoms with van der Waals surface area (Å²) in [4.78, 5) is 1.05. The first-order chi connectivity index (χ1) is 8.87. The number of sulfonamides is 1. The van der Waals surface area contributed by atoms with Gasteiger partial charge in [0.25, 0.3) is 10.0 Å². The molecule has 0 saturated carbocycles. The van der Waals surface area contributed by atoms with Crippen LogP contribution in [0.25, 0.3) is 0 Å². The van der Waals surface area contributed by atoms with Crippen molar-refractivity contribution in [2.24, 2.45) is 0 Å². The van der Waals surface area contributed by atoms with Crippen LogP contribution in [0, 0.1) is 0 Å². The zero-order chi connectivity index (χ0) is 14.5. The predicted octanol–water partition coefficient (Wildman–Crippen LogP) is 2.67. The highest BCUT2D eigenvalue weighted by Crippen LogP contribution is 2.24. The zero-order valence-electron chi connectivity index (χ0n) is 12.1. The van der Waals surface area contributed by atoms with Crippen molar-refractivity contribution in [2.75, 3.05) is 13.6 Å². The maximum absolute atomic E-state index is 12.3. The van der Waals surface area contributed by atoms with Crippen molar-refractivity contribution in [1.82, 2.24) is 9.62 Å². The normalized spacial score (nSPS) is 12.5. The smallest absolute Gasteiger partial charge is 0.252 e. The van der Waals surface area contributed by atoms with E-state index < -0.39 is 10.0 Å². The van der Waals surface area contributed by atoms with Gasteiger partial charge in [-0.25, -0.2) is 12.7 Å². The highest BCUT2D eigenvalue weighted by molar-refractivity contribution is 7.91. The molecule has 1 rings (SSSR count). The van der Waals surface area contributed by atoms with E-state index in [1.807, 2.05) is 6.07 Å².